The molecular weight excluding hydrogens is 226 g/mol. The Morgan fingerprint density at radius 2 is 2.00 bits per heavy atom. The molecule has 2 rings (SSSR count). The summed E-state index contributed by atoms with van der Waals surface area (Å²) in [4.78, 5) is 11.2. The fourth-order valence-corrected chi connectivity index (χ4v) is 3.46. The highest BCUT2D eigenvalue weighted by Gasteiger charge is 2.39. The van der Waals surface area contributed by atoms with Gasteiger partial charge in [0.15, 0.2) is 0 Å². The zero-order chi connectivity index (χ0) is 13.1. The number of hydrogen-bond donors (Lipinski definition) is 2. The van der Waals surface area contributed by atoms with Crippen LogP contribution in [0.25, 0.3) is 0 Å². The van der Waals surface area contributed by atoms with Crippen LogP contribution in [-0.4, -0.2) is 23.7 Å². The summed E-state index contributed by atoms with van der Waals surface area (Å²) < 4.78 is 0. The minimum Gasteiger partial charge on any atom is -0.481 e. The zero-order valence-corrected chi connectivity index (χ0v) is 11.7. The first-order valence-electron chi connectivity index (χ1n) is 7.54. The molecule has 0 radical (unpaired) electrons. The molecule has 2 aliphatic rings. The summed E-state index contributed by atoms with van der Waals surface area (Å²) in [7, 11) is 0. The molecule has 0 heterocycles. The molecule has 0 aliphatic heterocycles. The van der Waals surface area contributed by atoms with E-state index in [4.69, 9.17) is 0 Å². The SMILES string of the molecule is CC(C)CC(CNC1CCCC1C1CC1)C(=O)O. The maximum Gasteiger partial charge on any atom is 0.307 e. The number of carbonyl (C=O) groups is 1. The Labute approximate surface area is 110 Å². The Kier molecular flexibility index (Phi) is 4.66. The maximum absolute atomic E-state index is 11.2. The molecule has 2 fully saturated rings. The first kappa shape index (κ1) is 13.9. The van der Waals surface area contributed by atoms with E-state index >= 15 is 0 Å². The number of nitrogens with one attached hydrogen (secondary N) is 1. The standard InChI is InChI=1S/C15H27NO2/c1-10(2)8-12(15(17)18)9-16-14-5-3-4-13(14)11-6-7-11/h10-14,16H,3-9H2,1-2H3,(H,17,18). The first-order valence-corrected chi connectivity index (χ1v) is 7.54. The Balaban J connectivity index is 1.79. The second kappa shape index (κ2) is 6.05. The first-order chi connectivity index (χ1) is 8.58. The molecule has 0 aromatic heterocycles. The van der Waals surface area contributed by atoms with E-state index in [9.17, 15) is 9.90 Å². The van der Waals surface area contributed by atoms with Gasteiger partial charge >= 0.3 is 5.97 Å². The molecular formula is C15H27NO2. The van der Waals surface area contributed by atoms with Crippen LogP contribution < -0.4 is 5.32 Å². The van der Waals surface area contributed by atoms with Gasteiger partial charge in [-0.05, 0) is 49.9 Å². The molecule has 2 saturated carbocycles. The number of rotatable bonds is 7. The molecule has 2 N–H and O–H groups in total. The van der Waals surface area contributed by atoms with Crippen LogP contribution in [0, 0.1) is 23.7 Å². The highest BCUT2D eigenvalue weighted by molar-refractivity contribution is 5.70. The van der Waals surface area contributed by atoms with E-state index in [-0.39, 0.29) is 5.92 Å². The lowest BCUT2D eigenvalue weighted by Crippen LogP contribution is -2.39. The van der Waals surface area contributed by atoms with Crippen molar-refractivity contribution in [2.45, 2.75) is 58.4 Å². The summed E-state index contributed by atoms with van der Waals surface area (Å²) in [5.41, 5.74) is 0. The van der Waals surface area contributed by atoms with Crippen molar-refractivity contribution >= 4 is 5.97 Å². The van der Waals surface area contributed by atoms with Crippen LogP contribution in [0.2, 0.25) is 0 Å². The molecule has 0 spiro atoms. The third-order valence-electron chi connectivity index (χ3n) is 4.53. The van der Waals surface area contributed by atoms with Crippen LogP contribution in [0.1, 0.15) is 52.4 Å². The smallest absolute Gasteiger partial charge is 0.307 e. The molecule has 3 heteroatoms. The quantitative estimate of drug-likeness (QED) is 0.733. The van der Waals surface area contributed by atoms with Gasteiger partial charge in [0.05, 0.1) is 5.92 Å². The largest absolute Gasteiger partial charge is 0.481 e. The Morgan fingerprint density at radius 3 is 2.56 bits per heavy atom. The van der Waals surface area contributed by atoms with E-state index in [1.807, 2.05) is 0 Å². The second-order valence-electron chi connectivity index (χ2n) is 6.61. The molecule has 104 valence electrons. The van der Waals surface area contributed by atoms with Crippen LogP contribution in [0.5, 0.6) is 0 Å². The van der Waals surface area contributed by atoms with Crippen LogP contribution in [-0.2, 0) is 4.79 Å². The normalized spacial score (nSPS) is 29.7. The summed E-state index contributed by atoms with van der Waals surface area (Å²) in [6, 6.07) is 0.589. The molecule has 2 aliphatic carbocycles. The predicted octanol–water partition coefficient (Wildman–Crippen LogP) is 2.90. The van der Waals surface area contributed by atoms with Crippen molar-refractivity contribution in [3.8, 4) is 0 Å². The summed E-state index contributed by atoms with van der Waals surface area (Å²) >= 11 is 0. The number of hydrogen-bond acceptors (Lipinski definition) is 2. The highest BCUT2D eigenvalue weighted by Crippen LogP contribution is 2.45. The highest BCUT2D eigenvalue weighted by atomic mass is 16.4. The molecule has 0 amide bonds. The van der Waals surface area contributed by atoms with Gasteiger partial charge < -0.3 is 10.4 Å². The summed E-state index contributed by atoms with van der Waals surface area (Å²) in [5.74, 6) is 1.37. The van der Waals surface area contributed by atoms with Gasteiger partial charge in [0.1, 0.15) is 0 Å². The lowest BCUT2D eigenvalue weighted by atomic mass is 9.94. The van der Waals surface area contributed by atoms with Crippen molar-refractivity contribution in [2.24, 2.45) is 23.7 Å². The lowest BCUT2D eigenvalue weighted by Gasteiger charge is -2.23. The molecule has 3 atom stereocenters. The van der Waals surface area contributed by atoms with Crippen LogP contribution in [0.15, 0.2) is 0 Å². The van der Waals surface area contributed by atoms with Crippen molar-refractivity contribution in [3.05, 3.63) is 0 Å². The summed E-state index contributed by atoms with van der Waals surface area (Å²) in [5, 5.41) is 12.8. The Bertz CT molecular complexity index is 286. The molecule has 0 bridgehead atoms. The molecule has 0 saturated heterocycles. The van der Waals surface area contributed by atoms with Crippen LogP contribution >= 0.6 is 0 Å². The fourth-order valence-electron chi connectivity index (χ4n) is 3.46. The van der Waals surface area contributed by atoms with E-state index in [0.29, 0.717) is 18.5 Å². The number of aliphatic carboxylic acids is 1. The molecule has 0 aromatic carbocycles. The average Bonchev–Trinajstić information content (AvgIpc) is 3.03. The van der Waals surface area contributed by atoms with E-state index in [1.54, 1.807) is 0 Å². The van der Waals surface area contributed by atoms with Gasteiger partial charge in [0.25, 0.3) is 0 Å². The second-order valence-corrected chi connectivity index (χ2v) is 6.61. The van der Waals surface area contributed by atoms with Gasteiger partial charge in [-0.1, -0.05) is 20.3 Å². The van der Waals surface area contributed by atoms with E-state index in [0.717, 1.165) is 18.3 Å². The van der Waals surface area contributed by atoms with Crippen molar-refractivity contribution in [2.75, 3.05) is 6.54 Å². The number of carboxylic acids is 1. The van der Waals surface area contributed by atoms with E-state index in [2.05, 4.69) is 19.2 Å². The predicted molar refractivity (Wildman–Crippen MR) is 72.4 cm³/mol. The van der Waals surface area contributed by atoms with Gasteiger partial charge in [0, 0.05) is 12.6 Å². The van der Waals surface area contributed by atoms with Gasteiger partial charge in [-0.25, -0.2) is 0 Å². The van der Waals surface area contributed by atoms with Gasteiger partial charge in [-0.2, -0.15) is 0 Å². The van der Waals surface area contributed by atoms with Gasteiger partial charge in [-0.3, -0.25) is 4.79 Å². The van der Waals surface area contributed by atoms with Crippen LogP contribution in [0.3, 0.4) is 0 Å². The molecule has 3 unspecified atom stereocenters. The minimum absolute atomic E-state index is 0.217. The summed E-state index contributed by atoms with van der Waals surface area (Å²) in [6.07, 6.45) is 7.50. The lowest BCUT2D eigenvalue weighted by molar-refractivity contribution is -0.142. The molecule has 0 aromatic rings. The van der Waals surface area contributed by atoms with Gasteiger partial charge in [0.2, 0.25) is 0 Å². The Morgan fingerprint density at radius 1 is 1.28 bits per heavy atom. The van der Waals surface area contributed by atoms with Crippen LogP contribution in [0.4, 0.5) is 0 Å². The summed E-state index contributed by atoms with van der Waals surface area (Å²) in [6.45, 7) is 4.85. The maximum atomic E-state index is 11.2. The van der Waals surface area contributed by atoms with Crippen molar-refractivity contribution < 1.29 is 9.90 Å². The van der Waals surface area contributed by atoms with E-state index < -0.39 is 5.97 Å². The average molecular weight is 253 g/mol. The fraction of sp³-hybridized carbons (Fsp3) is 0.933. The van der Waals surface area contributed by atoms with Gasteiger partial charge in [-0.15, -0.1) is 0 Å². The third kappa shape index (κ3) is 3.71. The topological polar surface area (TPSA) is 49.3 Å². The molecule has 18 heavy (non-hydrogen) atoms. The minimum atomic E-state index is -0.642. The van der Waals surface area contributed by atoms with Crippen molar-refractivity contribution in [1.29, 1.82) is 0 Å². The number of carboxylic acid groups (broad SMARTS) is 1. The zero-order valence-electron chi connectivity index (χ0n) is 11.7. The third-order valence-corrected chi connectivity index (χ3v) is 4.53. The monoisotopic (exact) mass is 253 g/mol. The Hall–Kier alpha value is -0.570. The van der Waals surface area contributed by atoms with Crippen molar-refractivity contribution in [3.63, 3.8) is 0 Å². The van der Waals surface area contributed by atoms with Crippen molar-refractivity contribution in [1.82, 2.24) is 5.32 Å². The van der Waals surface area contributed by atoms with E-state index in [1.165, 1.54) is 32.1 Å². The molecule has 3 nitrogen and oxygen atoms in total.